The maximum Gasteiger partial charge on any atom is 0.253 e. The average Bonchev–Trinajstić information content (AvgIpc) is 3.32. The minimum absolute atomic E-state index is 0.0822. The van der Waals surface area contributed by atoms with Gasteiger partial charge in [0.1, 0.15) is 17.6 Å². The van der Waals surface area contributed by atoms with Crippen molar-refractivity contribution in [1.82, 2.24) is 9.55 Å². The van der Waals surface area contributed by atoms with Gasteiger partial charge in [-0.2, -0.15) is 0 Å². The molecule has 0 bridgehead atoms. The van der Waals surface area contributed by atoms with E-state index in [2.05, 4.69) is 10.3 Å². The van der Waals surface area contributed by atoms with Crippen molar-refractivity contribution in [2.75, 3.05) is 17.3 Å². The van der Waals surface area contributed by atoms with Gasteiger partial charge in [0, 0.05) is 0 Å². The van der Waals surface area contributed by atoms with Crippen molar-refractivity contribution >= 4 is 34.5 Å². The minimum Gasteiger partial charge on any atom is -0.497 e. The number of ether oxygens (including phenoxy) is 1. The van der Waals surface area contributed by atoms with Gasteiger partial charge in [-0.05, 0) is 42.0 Å². The third-order valence-corrected chi connectivity index (χ3v) is 5.71. The lowest BCUT2D eigenvalue weighted by atomic mass is 10.1. The van der Waals surface area contributed by atoms with Crippen molar-refractivity contribution in [3.8, 4) is 5.75 Å². The minimum atomic E-state index is -0.780. The van der Waals surface area contributed by atoms with E-state index in [0.717, 1.165) is 22.3 Å². The maximum absolute atomic E-state index is 14.0. The summed E-state index contributed by atoms with van der Waals surface area (Å²) in [5.41, 5.74) is 2.49. The molecule has 0 radical (unpaired) electrons. The lowest BCUT2D eigenvalue weighted by Crippen LogP contribution is -2.31. The molecule has 1 aromatic heterocycles. The number of fused-ring (bicyclic) bond motifs is 3. The van der Waals surface area contributed by atoms with Gasteiger partial charge in [-0.3, -0.25) is 19.1 Å². The molecule has 33 heavy (non-hydrogen) atoms. The number of nitrogens with zero attached hydrogens (tertiary/aromatic N) is 3. The van der Waals surface area contributed by atoms with E-state index in [-0.39, 0.29) is 18.0 Å². The Morgan fingerprint density at radius 1 is 1.06 bits per heavy atom. The van der Waals surface area contributed by atoms with Crippen LogP contribution in [0.1, 0.15) is 18.0 Å². The second-order valence-electron chi connectivity index (χ2n) is 7.79. The van der Waals surface area contributed by atoms with Crippen molar-refractivity contribution in [2.45, 2.75) is 19.0 Å². The first-order chi connectivity index (χ1) is 16.0. The molecule has 0 spiro atoms. The van der Waals surface area contributed by atoms with Crippen LogP contribution >= 0.6 is 0 Å². The molecule has 8 heteroatoms. The molecule has 5 rings (SSSR count). The van der Waals surface area contributed by atoms with Gasteiger partial charge in [0.05, 0.1) is 36.8 Å². The number of para-hydroxylation sites is 3. The number of anilines is 2. The van der Waals surface area contributed by atoms with E-state index in [1.807, 2.05) is 48.5 Å². The fraction of sp³-hybridized carbons (Fsp3) is 0.160. The van der Waals surface area contributed by atoms with E-state index < -0.39 is 17.8 Å². The summed E-state index contributed by atoms with van der Waals surface area (Å²) in [5, 5.41) is 2.57. The zero-order chi connectivity index (χ0) is 22.9. The highest BCUT2D eigenvalue weighted by atomic mass is 19.1. The number of amides is 2. The molecular weight excluding hydrogens is 423 g/mol. The monoisotopic (exact) mass is 444 g/mol. The second-order valence-corrected chi connectivity index (χ2v) is 7.79. The number of aromatic nitrogens is 2. The summed E-state index contributed by atoms with van der Waals surface area (Å²) in [4.78, 5) is 32.5. The van der Waals surface area contributed by atoms with E-state index >= 15 is 0 Å². The quantitative estimate of drug-likeness (QED) is 0.481. The number of halogens is 1. The third-order valence-electron chi connectivity index (χ3n) is 5.71. The zero-order valence-corrected chi connectivity index (χ0v) is 17.9. The van der Waals surface area contributed by atoms with Crippen LogP contribution in [-0.2, 0) is 16.1 Å². The number of carbonyl (C=O) groups is 2. The Bertz CT molecular complexity index is 1350. The zero-order valence-electron chi connectivity index (χ0n) is 17.9. The van der Waals surface area contributed by atoms with Gasteiger partial charge in [-0.15, -0.1) is 0 Å². The molecule has 166 valence electrons. The normalized spacial score (nSPS) is 15.0. The molecule has 0 saturated heterocycles. The Kier molecular flexibility index (Phi) is 5.26. The van der Waals surface area contributed by atoms with E-state index in [0.29, 0.717) is 12.5 Å². The highest BCUT2D eigenvalue weighted by Gasteiger charge is 2.40. The van der Waals surface area contributed by atoms with E-state index in [4.69, 9.17) is 4.74 Å². The number of hydrogen-bond acceptors (Lipinski definition) is 4. The smallest absolute Gasteiger partial charge is 0.253 e. The van der Waals surface area contributed by atoms with Crippen LogP contribution in [0.25, 0.3) is 11.0 Å². The number of benzene rings is 3. The summed E-state index contributed by atoms with van der Waals surface area (Å²) < 4.78 is 21.0. The molecule has 0 fully saturated rings. The van der Waals surface area contributed by atoms with Crippen molar-refractivity contribution in [1.29, 1.82) is 0 Å². The highest BCUT2D eigenvalue weighted by molar-refractivity contribution is 6.05. The molecule has 3 aromatic carbocycles. The molecule has 7 nitrogen and oxygen atoms in total. The number of nitrogens with one attached hydrogen (secondary N) is 1. The molecule has 0 unspecified atom stereocenters. The van der Waals surface area contributed by atoms with Crippen LogP contribution in [0.5, 0.6) is 5.75 Å². The van der Waals surface area contributed by atoms with Crippen molar-refractivity contribution in [3.63, 3.8) is 0 Å². The lowest BCUT2D eigenvalue weighted by Gasteiger charge is -2.16. The number of rotatable bonds is 6. The maximum atomic E-state index is 14.0. The molecule has 2 amide bonds. The second kappa shape index (κ2) is 8.38. The average molecular weight is 444 g/mol. The van der Waals surface area contributed by atoms with Crippen LogP contribution in [0.15, 0.2) is 72.8 Å². The van der Waals surface area contributed by atoms with Gasteiger partial charge in [-0.25, -0.2) is 9.37 Å². The summed E-state index contributed by atoms with van der Waals surface area (Å²) >= 11 is 0. The van der Waals surface area contributed by atoms with Gasteiger partial charge in [0.25, 0.3) is 5.91 Å². The van der Waals surface area contributed by atoms with Crippen molar-refractivity contribution in [2.24, 2.45) is 0 Å². The first-order valence-corrected chi connectivity index (χ1v) is 10.5. The van der Waals surface area contributed by atoms with Crippen LogP contribution in [-0.4, -0.2) is 28.5 Å². The standard InChI is InChI=1S/C25H21FN4O3/c1-33-17-12-10-16(11-13-17)15-29-24(32)22(14-23(31)27-19-7-3-2-6-18(19)26)30-21-9-5-4-8-20(21)28-25(29)30/h2-13,22H,14-15H2,1H3,(H,27,31)/t22-/m0/s1. The van der Waals surface area contributed by atoms with E-state index in [1.165, 1.54) is 12.1 Å². The number of carbonyl (C=O) groups excluding carboxylic acids is 2. The van der Waals surface area contributed by atoms with Crippen LogP contribution in [0.4, 0.5) is 16.0 Å². The van der Waals surface area contributed by atoms with Gasteiger partial charge in [-0.1, -0.05) is 36.4 Å². The van der Waals surface area contributed by atoms with Crippen molar-refractivity contribution in [3.05, 3.63) is 84.2 Å². The molecule has 1 aliphatic heterocycles. The summed E-state index contributed by atoms with van der Waals surface area (Å²) in [7, 11) is 1.60. The summed E-state index contributed by atoms with van der Waals surface area (Å²) in [6.07, 6.45) is -0.139. The van der Waals surface area contributed by atoms with Gasteiger partial charge >= 0.3 is 0 Å². The molecule has 4 aromatic rings. The summed E-state index contributed by atoms with van der Waals surface area (Å²) in [6.45, 7) is 0.303. The van der Waals surface area contributed by atoms with E-state index in [1.54, 1.807) is 28.7 Å². The topological polar surface area (TPSA) is 76.5 Å². The molecule has 0 saturated carbocycles. The predicted molar refractivity (Wildman–Crippen MR) is 123 cm³/mol. The van der Waals surface area contributed by atoms with Crippen molar-refractivity contribution < 1.29 is 18.7 Å². The Hall–Kier alpha value is -4.20. The SMILES string of the molecule is COc1ccc(CN2C(=O)[C@H](CC(=O)Nc3ccccc3F)n3c2nc2ccccc23)cc1. The Labute approximate surface area is 189 Å². The molecule has 1 N–H and O–H groups in total. The Balaban J connectivity index is 1.46. The molecule has 1 atom stereocenters. The number of hydrogen-bond donors (Lipinski definition) is 1. The predicted octanol–water partition coefficient (Wildman–Crippen LogP) is 4.30. The fourth-order valence-electron chi connectivity index (χ4n) is 4.10. The molecular formula is C25H21FN4O3. The lowest BCUT2D eigenvalue weighted by molar-refractivity contribution is -0.124. The van der Waals surface area contributed by atoms with Crippen LogP contribution < -0.4 is 15.0 Å². The van der Waals surface area contributed by atoms with Crippen LogP contribution in [0.3, 0.4) is 0 Å². The highest BCUT2D eigenvalue weighted by Crippen LogP contribution is 2.37. The van der Waals surface area contributed by atoms with Crippen LogP contribution in [0, 0.1) is 5.82 Å². The van der Waals surface area contributed by atoms with E-state index in [9.17, 15) is 14.0 Å². The molecule has 0 aliphatic carbocycles. The molecule has 2 heterocycles. The summed E-state index contributed by atoms with van der Waals surface area (Å²) in [6, 6.07) is 20.1. The first kappa shape index (κ1) is 20.7. The largest absolute Gasteiger partial charge is 0.497 e. The van der Waals surface area contributed by atoms with Gasteiger partial charge in [0.15, 0.2) is 0 Å². The third kappa shape index (κ3) is 3.80. The first-order valence-electron chi connectivity index (χ1n) is 10.5. The van der Waals surface area contributed by atoms with Crippen LogP contribution in [0.2, 0.25) is 0 Å². The molecule has 1 aliphatic rings. The van der Waals surface area contributed by atoms with Gasteiger partial charge in [0.2, 0.25) is 11.9 Å². The Morgan fingerprint density at radius 2 is 1.79 bits per heavy atom. The Morgan fingerprint density at radius 3 is 2.55 bits per heavy atom. The fourth-order valence-corrected chi connectivity index (χ4v) is 4.10. The van der Waals surface area contributed by atoms with Gasteiger partial charge < -0.3 is 10.1 Å². The number of methoxy groups -OCH3 is 1. The summed E-state index contributed by atoms with van der Waals surface area (Å²) in [5.74, 6) is -0.00290. The number of imidazole rings is 1.